The number of halogens is 1. The van der Waals surface area contributed by atoms with Crippen LogP contribution in [0.1, 0.15) is 32.5 Å². The molecule has 2 aromatic carbocycles. The maximum atomic E-state index is 13.5. The number of nitrogens with one attached hydrogen (secondary N) is 1. The Morgan fingerprint density at radius 2 is 2.06 bits per heavy atom. The number of carbonyl (C=O) groups excluding carboxylic acids is 1. The standard InChI is InChI=1S/C24H20FNO5S/c1-3-11-31-21-15(5-4-6-17(21)30-2)16-12-18(27)26-20-19(13-7-9-14(25)10-8-13)23(24(28)29)32-22(16)20/h3-10,16H,1,11-12H2,2H3,(H,26,27)(H,28,29). The number of carboxylic acids is 1. The van der Waals surface area contributed by atoms with Crippen LogP contribution in [0.4, 0.5) is 10.1 Å². The Balaban J connectivity index is 1.93. The van der Waals surface area contributed by atoms with Gasteiger partial charge in [-0.05, 0) is 23.8 Å². The van der Waals surface area contributed by atoms with E-state index in [1.807, 2.05) is 6.07 Å². The lowest BCUT2D eigenvalue weighted by atomic mass is 9.88. The number of amides is 1. The number of thiophene rings is 1. The van der Waals surface area contributed by atoms with Crippen molar-refractivity contribution in [2.75, 3.05) is 19.0 Å². The summed E-state index contributed by atoms with van der Waals surface area (Å²) in [5.41, 5.74) is 2.02. The highest BCUT2D eigenvalue weighted by Gasteiger charge is 2.36. The molecule has 0 saturated carbocycles. The van der Waals surface area contributed by atoms with Crippen LogP contribution in [0.15, 0.2) is 55.1 Å². The van der Waals surface area contributed by atoms with E-state index in [1.165, 1.54) is 31.4 Å². The van der Waals surface area contributed by atoms with E-state index in [0.29, 0.717) is 38.8 Å². The van der Waals surface area contributed by atoms with Gasteiger partial charge in [-0.15, -0.1) is 11.3 Å². The summed E-state index contributed by atoms with van der Waals surface area (Å²) in [6.07, 6.45) is 1.72. The summed E-state index contributed by atoms with van der Waals surface area (Å²) in [4.78, 5) is 25.6. The predicted molar refractivity (Wildman–Crippen MR) is 120 cm³/mol. The molecule has 6 nitrogen and oxygen atoms in total. The molecule has 0 bridgehead atoms. The second kappa shape index (κ2) is 8.84. The Labute approximate surface area is 187 Å². The van der Waals surface area contributed by atoms with Gasteiger partial charge >= 0.3 is 5.97 Å². The van der Waals surface area contributed by atoms with E-state index in [4.69, 9.17) is 9.47 Å². The minimum Gasteiger partial charge on any atom is -0.493 e. The molecule has 164 valence electrons. The first kappa shape index (κ1) is 21.6. The molecule has 2 heterocycles. The van der Waals surface area contributed by atoms with Crippen LogP contribution in [0, 0.1) is 5.82 Å². The summed E-state index contributed by atoms with van der Waals surface area (Å²) in [5, 5.41) is 12.7. The van der Waals surface area contributed by atoms with Gasteiger partial charge in [-0.3, -0.25) is 4.79 Å². The van der Waals surface area contributed by atoms with Crippen molar-refractivity contribution in [2.45, 2.75) is 12.3 Å². The number of rotatable bonds is 7. The van der Waals surface area contributed by atoms with Crippen molar-refractivity contribution in [1.29, 1.82) is 0 Å². The van der Waals surface area contributed by atoms with Gasteiger partial charge in [0.1, 0.15) is 17.3 Å². The van der Waals surface area contributed by atoms with Gasteiger partial charge in [0.2, 0.25) is 5.91 Å². The number of carboxylic acid groups (broad SMARTS) is 1. The molecule has 32 heavy (non-hydrogen) atoms. The summed E-state index contributed by atoms with van der Waals surface area (Å²) in [5.74, 6) is -1.26. The predicted octanol–water partition coefficient (Wildman–Crippen LogP) is 5.30. The van der Waals surface area contributed by atoms with Crippen LogP contribution >= 0.6 is 11.3 Å². The molecule has 3 aromatic rings. The fourth-order valence-electron chi connectivity index (χ4n) is 3.85. The Bertz CT molecular complexity index is 1200. The van der Waals surface area contributed by atoms with Gasteiger partial charge in [0.25, 0.3) is 0 Å². The average Bonchev–Trinajstić information content (AvgIpc) is 3.17. The molecular weight excluding hydrogens is 433 g/mol. The summed E-state index contributed by atoms with van der Waals surface area (Å²) in [7, 11) is 1.53. The first-order valence-corrected chi connectivity index (χ1v) is 10.6. The van der Waals surface area contributed by atoms with Crippen molar-refractivity contribution in [1.82, 2.24) is 0 Å². The van der Waals surface area contributed by atoms with Crippen LogP contribution < -0.4 is 14.8 Å². The quantitative estimate of drug-likeness (QED) is 0.474. The zero-order valence-corrected chi connectivity index (χ0v) is 18.0. The fourth-order valence-corrected chi connectivity index (χ4v) is 5.08. The molecule has 1 atom stereocenters. The molecule has 4 rings (SSSR count). The van der Waals surface area contributed by atoms with Crippen molar-refractivity contribution in [3.63, 3.8) is 0 Å². The molecule has 1 aromatic heterocycles. The topological polar surface area (TPSA) is 84.9 Å². The van der Waals surface area contributed by atoms with Crippen LogP contribution in [0.3, 0.4) is 0 Å². The molecule has 0 spiro atoms. The van der Waals surface area contributed by atoms with Crippen molar-refractivity contribution >= 4 is 28.9 Å². The third-order valence-corrected chi connectivity index (χ3v) is 6.47. The van der Waals surface area contributed by atoms with E-state index >= 15 is 0 Å². The minimum absolute atomic E-state index is 0.0743. The number of aromatic carboxylic acids is 1. The van der Waals surface area contributed by atoms with E-state index in [-0.39, 0.29) is 23.8 Å². The van der Waals surface area contributed by atoms with Gasteiger partial charge in [0, 0.05) is 28.3 Å². The highest BCUT2D eigenvalue weighted by atomic mass is 32.1. The van der Waals surface area contributed by atoms with E-state index in [2.05, 4.69) is 11.9 Å². The van der Waals surface area contributed by atoms with Gasteiger partial charge in [-0.2, -0.15) is 0 Å². The lowest BCUT2D eigenvalue weighted by Crippen LogP contribution is -2.23. The number of hydrogen-bond donors (Lipinski definition) is 2. The first-order chi connectivity index (χ1) is 15.4. The molecule has 1 aliphatic rings. The number of methoxy groups -OCH3 is 1. The van der Waals surface area contributed by atoms with E-state index < -0.39 is 17.7 Å². The minimum atomic E-state index is -1.12. The Kier molecular flexibility index (Phi) is 5.96. The van der Waals surface area contributed by atoms with Crippen molar-refractivity contribution in [2.24, 2.45) is 0 Å². The number of fused-ring (bicyclic) bond motifs is 1. The average molecular weight is 453 g/mol. The number of anilines is 1. The normalized spacial score (nSPS) is 14.9. The van der Waals surface area contributed by atoms with Crippen molar-refractivity contribution < 1.29 is 28.6 Å². The van der Waals surface area contributed by atoms with Crippen LogP contribution in [-0.2, 0) is 4.79 Å². The highest BCUT2D eigenvalue weighted by Crippen LogP contribution is 2.51. The smallest absolute Gasteiger partial charge is 0.346 e. The summed E-state index contributed by atoms with van der Waals surface area (Å²) in [6.45, 7) is 3.92. The molecule has 0 aliphatic carbocycles. The maximum absolute atomic E-state index is 13.5. The monoisotopic (exact) mass is 453 g/mol. The third kappa shape index (κ3) is 3.85. The second-order valence-corrected chi connectivity index (χ2v) is 8.19. The Morgan fingerprint density at radius 1 is 1.31 bits per heavy atom. The summed E-state index contributed by atoms with van der Waals surface area (Å²) >= 11 is 1.10. The largest absolute Gasteiger partial charge is 0.493 e. The van der Waals surface area contributed by atoms with E-state index in [1.54, 1.807) is 18.2 Å². The molecule has 0 fully saturated rings. The number of para-hydroxylation sites is 1. The highest BCUT2D eigenvalue weighted by molar-refractivity contribution is 7.15. The van der Waals surface area contributed by atoms with Crippen LogP contribution in [0.25, 0.3) is 11.1 Å². The van der Waals surface area contributed by atoms with Crippen LogP contribution in [-0.4, -0.2) is 30.7 Å². The van der Waals surface area contributed by atoms with Crippen molar-refractivity contribution in [3.05, 3.63) is 76.3 Å². The molecule has 1 amide bonds. The molecule has 1 unspecified atom stereocenters. The molecule has 1 aliphatic heterocycles. The van der Waals surface area contributed by atoms with Crippen LogP contribution in [0.5, 0.6) is 11.5 Å². The zero-order valence-electron chi connectivity index (χ0n) is 17.2. The number of carbonyl (C=O) groups is 2. The second-order valence-electron chi connectivity index (χ2n) is 7.14. The van der Waals surface area contributed by atoms with Crippen LogP contribution in [0.2, 0.25) is 0 Å². The Morgan fingerprint density at radius 3 is 2.72 bits per heavy atom. The zero-order chi connectivity index (χ0) is 22.8. The number of hydrogen-bond acceptors (Lipinski definition) is 5. The van der Waals surface area contributed by atoms with Gasteiger partial charge < -0.3 is 19.9 Å². The first-order valence-electron chi connectivity index (χ1n) is 9.81. The lowest BCUT2D eigenvalue weighted by molar-refractivity contribution is -0.116. The molecule has 0 saturated heterocycles. The molecule has 8 heteroatoms. The van der Waals surface area contributed by atoms with Gasteiger partial charge in [0.15, 0.2) is 11.5 Å². The third-order valence-electron chi connectivity index (χ3n) is 5.18. The maximum Gasteiger partial charge on any atom is 0.346 e. The van der Waals surface area contributed by atoms with E-state index in [9.17, 15) is 19.1 Å². The lowest BCUT2D eigenvalue weighted by Gasteiger charge is -2.26. The van der Waals surface area contributed by atoms with Crippen molar-refractivity contribution in [3.8, 4) is 22.6 Å². The van der Waals surface area contributed by atoms with Gasteiger partial charge in [-0.25, -0.2) is 9.18 Å². The Hall–Kier alpha value is -3.65. The molecule has 2 N–H and O–H groups in total. The molecular formula is C24H20FNO5S. The van der Waals surface area contributed by atoms with E-state index in [0.717, 1.165) is 11.3 Å². The SMILES string of the molecule is C=CCOc1c(OC)cccc1C1CC(=O)Nc2c1sc(C(=O)O)c2-c1ccc(F)cc1. The fraction of sp³-hybridized carbons (Fsp3) is 0.167. The summed E-state index contributed by atoms with van der Waals surface area (Å²) < 4.78 is 24.8. The van der Waals surface area contributed by atoms with Gasteiger partial charge in [-0.1, -0.05) is 36.9 Å². The molecule has 0 radical (unpaired) electrons. The number of benzene rings is 2. The number of ether oxygens (including phenoxy) is 2. The van der Waals surface area contributed by atoms with Gasteiger partial charge in [0.05, 0.1) is 12.8 Å². The summed E-state index contributed by atoms with van der Waals surface area (Å²) in [6, 6.07) is 10.9.